The quantitative estimate of drug-likeness (QED) is 0.239. The third kappa shape index (κ3) is 5.08. The van der Waals surface area contributed by atoms with Crippen LogP contribution in [0.15, 0.2) is 60.2 Å². The van der Waals surface area contributed by atoms with Crippen molar-refractivity contribution in [3.63, 3.8) is 0 Å². The lowest BCUT2D eigenvalue weighted by Gasteiger charge is -2.28. The molecule has 0 bridgehead atoms. The Bertz CT molecular complexity index is 1160. The lowest BCUT2D eigenvalue weighted by atomic mass is 9.94. The predicted molar refractivity (Wildman–Crippen MR) is 133 cm³/mol. The van der Waals surface area contributed by atoms with E-state index < -0.39 is 17.9 Å². The topological polar surface area (TPSA) is 86.7 Å². The van der Waals surface area contributed by atoms with Gasteiger partial charge >= 0.3 is 0 Å². The Balaban J connectivity index is 1.35. The van der Waals surface area contributed by atoms with E-state index in [-0.39, 0.29) is 23.5 Å². The summed E-state index contributed by atoms with van der Waals surface area (Å²) in [6, 6.07) is 15.6. The first-order valence-corrected chi connectivity index (χ1v) is 12.6. The van der Waals surface area contributed by atoms with E-state index >= 15 is 0 Å². The monoisotopic (exact) mass is 472 g/mol. The number of Topliss-reactive ketones (excluding diaryl/α,β-unsaturated/α-hetero) is 1. The summed E-state index contributed by atoms with van der Waals surface area (Å²) in [5.41, 5.74) is 6.89. The second kappa shape index (κ2) is 9.42. The number of nitrogens with one attached hydrogen (secondary N) is 1. The summed E-state index contributed by atoms with van der Waals surface area (Å²) < 4.78 is 0. The summed E-state index contributed by atoms with van der Waals surface area (Å²) in [6.45, 7) is 2.70. The largest absolute Gasteiger partial charge is 0.331 e. The number of rotatable bonds is 9. The molecule has 2 aliphatic carbocycles. The van der Waals surface area contributed by atoms with Crippen LogP contribution in [0.4, 0.5) is 0 Å². The van der Waals surface area contributed by atoms with Gasteiger partial charge in [0.25, 0.3) is 0 Å². The molecule has 2 aromatic rings. The standard InChI is InChI=1S/C29H32N2O4/c1-2-19-5-7-21(8-6-19)22-9-11-23(12-10-22)27(33)25-17-29(13-14-29)18-31(25)28(34)24(15-20-3-4-20)16-26(32)30-35/h3,5-12,24-25,35H,2,4,13-18H2,1H3,(H,30,32)/t24-,25+/m1/s1. The molecule has 3 aliphatic rings. The molecule has 2 atom stereocenters. The number of ketones is 1. The Labute approximate surface area is 206 Å². The second-order valence-electron chi connectivity index (χ2n) is 10.4. The minimum absolute atomic E-state index is 0.0361. The zero-order valence-corrected chi connectivity index (χ0v) is 20.1. The first-order chi connectivity index (χ1) is 16.9. The lowest BCUT2D eigenvalue weighted by Crippen LogP contribution is -2.44. The van der Waals surface area contributed by atoms with E-state index in [2.05, 4.69) is 31.2 Å². The van der Waals surface area contributed by atoms with E-state index in [9.17, 15) is 14.4 Å². The average molecular weight is 473 g/mol. The van der Waals surface area contributed by atoms with Gasteiger partial charge < -0.3 is 4.90 Å². The second-order valence-corrected chi connectivity index (χ2v) is 10.4. The molecule has 6 nitrogen and oxygen atoms in total. The highest BCUT2D eigenvalue weighted by Gasteiger charge is 2.55. The van der Waals surface area contributed by atoms with Gasteiger partial charge in [-0.2, -0.15) is 0 Å². The third-order valence-corrected chi connectivity index (χ3v) is 7.82. The van der Waals surface area contributed by atoms with Crippen LogP contribution in [0.5, 0.6) is 0 Å². The zero-order chi connectivity index (χ0) is 24.6. The molecule has 2 aromatic carbocycles. The molecule has 182 valence electrons. The minimum Gasteiger partial charge on any atom is -0.331 e. The van der Waals surface area contributed by atoms with Crippen molar-refractivity contribution in [2.75, 3.05) is 6.54 Å². The molecule has 1 aliphatic heterocycles. The number of carbonyl (C=O) groups excluding carboxylic acids is 3. The van der Waals surface area contributed by atoms with Crippen LogP contribution in [0.1, 0.15) is 61.4 Å². The van der Waals surface area contributed by atoms with Gasteiger partial charge in [-0.25, -0.2) is 5.48 Å². The van der Waals surface area contributed by atoms with Crippen molar-refractivity contribution in [2.45, 2.75) is 57.9 Å². The normalized spacial score (nSPS) is 20.3. The molecule has 2 N–H and O–H groups in total. The summed E-state index contributed by atoms with van der Waals surface area (Å²) in [4.78, 5) is 40.8. The van der Waals surface area contributed by atoms with E-state index in [1.807, 2.05) is 30.3 Å². The molecule has 1 saturated carbocycles. The third-order valence-electron chi connectivity index (χ3n) is 7.82. The first kappa shape index (κ1) is 23.5. The van der Waals surface area contributed by atoms with Crippen LogP contribution in [0.3, 0.4) is 0 Å². The van der Waals surface area contributed by atoms with Gasteiger partial charge in [0, 0.05) is 18.5 Å². The first-order valence-electron chi connectivity index (χ1n) is 12.6. The van der Waals surface area contributed by atoms with E-state index in [0.29, 0.717) is 24.9 Å². The van der Waals surface area contributed by atoms with Crippen molar-refractivity contribution in [2.24, 2.45) is 11.3 Å². The van der Waals surface area contributed by atoms with Crippen molar-refractivity contribution in [1.29, 1.82) is 0 Å². The maximum Gasteiger partial charge on any atom is 0.244 e. The van der Waals surface area contributed by atoms with Crippen molar-refractivity contribution in [3.8, 4) is 11.1 Å². The number of likely N-dealkylation sites (tertiary alicyclic amines) is 1. The molecular formula is C29H32N2O4. The molecule has 0 unspecified atom stereocenters. The van der Waals surface area contributed by atoms with Gasteiger partial charge in [-0.05, 0) is 60.6 Å². The van der Waals surface area contributed by atoms with Crippen LogP contribution < -0.4 is 5.48 Å². The van der Waals surface area contributed by atoms with Crippen LogP contribution >= 0.6 is 0 Å². The number of benzene rings is 2. The number of nitrogens with zero attached hydrogens (tertiary/aromatic N) is 1. The number of amides is 2. The Morgan fingerprint density at radius 3 is 2.23 bits per heavy atom. The van der Waals surface area contributed by atoms with Crippen molar-refractivity contribution >= 4 is 17.6 Å². The lowest BCUT2D eigenvalue weighted by molar-refractivity contribution is -0.140. The molecular weight excluding hydrogens is 440 g/mol. The number of aryl methyl sites for hydroxylation is 1. The molecule has 6 heteroatoms. The smallest absolute Gasteiger partial charge is 0.244 e. The Morgan fingerprint density at radius 2 is 1.69 bits per heavy atom. The number of carbonyl (C=O) groups is 3. The SMILES string of the molecule is CCc1ccc(-c2ccc(C(=O)[C@@H]3CC4(CC4)CN3C(=O)[C@@H](CC(=O)NO)CC3=CC3)cc2)cc1. The Kier molecular flexibility index (Phi) is 6.32. The highest BCUT2D eigenvalue weighted by Crippen LogP contribution is 2.55. The molecule has 2 amide bonds. The molecule has 5 rings (SSSR count). The van der Waals surface area contributed by atoms with Gasteiger partial charge in [0.1, 0.15) is 0 Å². The fourth-order valence-corrected chi connectivity index (χ4v) is 5.32. The van der Waals surface area contributed by atoms with Gasteiger partial charge in [0.05, 0.1) is 12.0 Å². The molecule has 0 aromatic heterocycles. The molecule has 1 saturated heterocycles. The van der Waals surface area contributed by atoms with E-state index in [1.54, 1.807) is 10.4 Å². The van der Waals surface area contributed by atoms with Crippen LogP contribution in [0.25, 0.3) is 11.1 Å². The molecule has 1 heterocycles. The zero-order valence-electron chi connectivity index (χ0n) is 20.1. The molecule has 2 fully saturated rings. The van der Waals surface area contributed by atoms with Gasteiger partial charge in [-0.3, -0.25) is 19.6 Å². The van der Waals surface area contributed by atoms with Gasteiger partial charge in [-0.1, -0.05) is 67.1 Å². The highest BCUT2D eigenvalue weighted by molar-refractivity contribution is 6.03. The highest BCUT2D eigenvalue weighted by atomic mass is 16.5. The average Bonchev–Trinajstić information content (AvgIpc) is 3.81. The van der Waals surface area contributed by atoms with Gasteiger partial charge in [0.15, 0.2) is 5.78 Å². The van der Waals surface area contributed by atoms with Crippen LogP contribution in [0, 0.1) is 11.3 Å². The maximum atomic E-state index is 13.6. The van der Waals surface area contributed by atoms with Crippen molar-refractivity contribution in [3.05, 3.63) is 71.3 Å². The minimum atomic E-state index is -0.574. The number of hydroxylamine groups is 1. The fourth-order valence-electron chi connectivity index (χ4n) is 5.32. The molecule has 35 heavy (non-hydrogen) atoms. The van der Waals surface area contributed by atoms with E-state index in [0.717, 1.165) is 42.4 Å². The molecule has 1 spiro atoms. The van der Waals surface area contributed by atoms with Crippen molar-refractivity contribution in [1.82, 2.24) is 10.4 Å². The summed E-state index contributed by atoms with van der Waals surface area (Å²) in [6.07, 6.45) is 7.06. The fraction of sp³-hybridized carbons (Fsp3) is 0.414. The molecule has 0 radical (unpaired) electrons. The van der Waals surface area contributed by atoms with Crippen molar-refractivity contribution < 1.29 is 19.6 Å². The summed E-state index contributed by atoms with van der Waals surface area (Å²) >= 11 is 0. The summed E-state index contributed by atoms with van der Waals surface area (Å²) in [5.74, 6) is -1.33. The Hall–Kier alpha value is -3.25. The van der Waals surface area contributed by atoms with Crippen LogP contribution in [0.2, 0.25) is 0 Å². The van der Waals surface area contributed by atoms with Crippen LogP contribution in [-0.2, 0) is 16.0 Å². The summed E-state index contributed by atoms with van der Waals surface area (Å²) in [5, 5.41) is 9.00. The predicted octanol–water partition coefficient (Wildman–Crippen LogP) is 4.71. The van der Waals surface area contributed by atoms with E-state index in [4.69, 9.17) is 5.21 Å². The van der Waals surface area contributed by atoms with Crippen LogP contribution in [-0.4, -0.2) is 40.3 Å². The van der Waals surface area contributed by atoms with E-state index in [1.165, 1.54) is 5.56 Å². The number of hydrogen-bond acceptors (Lipinski definition) is 4. The maximum absolute atomic E-state index is 13.6. The number of hydrogen-bond donors (Lipinski definition) is 2. The van der Waals surface area contributed by atoms with Gasteiger partial charge in [0.2, 0.25) is 11.8 Å². The van der Waals surface area contributed by atoms with Gasteiger partial charge in [-0.15, -0.1) is 0 Å². The summed E-state index contributed by atoms with van der Waals surface area (Å²) in [7, 11) is 0. The Morgan fingerprint density at radius 1 is 1.06 bits per heavy atom. The number of allylic oxidation sites excluding steroid dienone is 2.